The number of fused-ring (bicyclic) bond motifs is 5. The van der Waals surface area contributed by atoms with Gasteiger partial charge in [0.15, 0.2) is 5.96 Å². The lowest BCUT2D eigenvalue weighted by atomic mass is 9.82. The Balaban J connectivity index is 1.48. The Hall–Kier alpha value is -1.55. The van der Waals surface area contributed by atoms with E-state index in [0.29, 0.717) is 24.0 Å². The topological polar surface area (TPSA) is 36.9 Å². The Morgan fingerprint density at radius 2 is 1.92 bits per heavy atom. The molecule has 4 atom stereocenters. The molecule has 4 heteroatoms. The molecule has 24 heavy (non-hydrogen) atoms. The second-order valence-electron chi connectivity index (χ2n) is 7.62. The molecule has 4 nitrogen and oxygen atoms in total. The number of benzene rings is 1. The fourth-order valence-electron chi connectivity index (χ4n) is 4.74. The number of nitrogens with zero attached hydrogens (tertiary/aromatic N) is 2. The molecule has 1 aromatic rings. The van der Waals surface area contributed by atoms with Crippen LogP contribution < -0.4 is 5.32 Å². The third kappa shape index (κ3) is 2.81. The third-order valence-corrected chi connectivity index (χ3v) is 5.98. The van der Waals surface area contributed by atoms with Crippen molar-refractivity contribution in [2.45, 2.75) is 52.4 Å². The van der Waals surface area contributed by atoms with E-state index in [1.807, 2.05) is 0 Å². The van der Waals surface area contributed by atoms with Crippen LogP contribution in [0.2, 0.25) is 0 Å². The van der Waals surface area contributed by atoms with Crippen LogP contribution in [0.3, 0.4) is 0 Å². The summed E-state index contributed by atoms with van der Waals surface area (Å²) in [5.74, 6) is 2.51. The molecular weight excluding hydrogens is 298 g/mol. The SMILES string of the molecule is CCNC(=NCc1ccc(C)cc1C)N1CC2C3CCC(O3)C2C1. The molecule has 3 aliphatic rings. The van der Waals surface area contributed by atoms with Gasteiger partial charge in [0.2, 0.25) is 0 Å². The summed E-state index contributed by atoms with van der Waals surface area (Å²) in [7, 11) is 0. The van der Waals surface area contributed by atoms with Gasteiger partial charge < -0.3 is 15.0 Å². The van der Waals surface area contributed by atoms with Crippen LogP contribution >= 0.6 is 0 Å². The van der Waals surface area contributed by atoms with Crippen LogP contribution in [0.1, 0.15) is 36.5 Å². The first-order chi connectivity index (χ1) is 11.7. The minimum atomic E-state index is 0.507. The first-order valence-electron chi connectivity index (χ1n) is 9.40. The first kappa shape index (κ1) is 15.9. The zero-order chi connectivity index (χ0) is 16.7. The molecule has 3 aliphatic heterocycles. The van der Waals surface area contributed by atoms with Crippen molar-refractivity contribution in [3.63, 3.8) is 0 Å². The number of hydrogen-bond donors (Lipinski definition) is 1. The maximum absolute atomic E-state index is 6.10. The minimum Gasteiger partial charge on any atom is -0.374 e. The number of ether oxygens (including phenoxy) is 1. The summed E-state index contributed by atoms with van der Waals surface area (Å²) in [6.45, 7) is 10.3. The molecule has 1 aromatic carbocycles. The summed E-state index contributed by atoms with van der Waals surface area (Å²) in [4.78, 5) is 7.41. The Labute approximate surface area is 145 Å². The quantitative estimate of drug-likeness (QED) is 0.685. The number of hydrogen-bond acceptors (Lipinski definition) is 2. The zero-order valence-corrected chi connectivity index (χ0v) is 15.1. The summed E-state index contributed by atoms with van der Waals surface area (Å²) in [6, 6.07) is 6.64. The summed E-state index contributed by atoms with van der Waals surface area (Å²) in [5.41, 5.74) is 3.97. The molecule has 0 spiro atoms. The van der Waals surface area contributed by atoms with Crippen molar-refractivity contribution in [3.8, 4) is 0 Å². The highest BCUT2D eigenvalue weighted by Crippen LogP contribution is 2.47. The molecule has 3 saturated heterocycles. The number of rotatable bonds is 3. The summed E-state index contributed by atoms with van der Waals surface area (Å²) in [6.07, 6.45) is 3.53. The maximum atomic E-state index is 6.10. The van der Waals surface area contributed by atoms with Crippen LogP contribution in [0.15, 0.2) is 23.2 Å². The lowest BCUT2D eigenvalue weighted by Crippen LogP contribution is -2.41. The highest BCUT2D eigenvalue weighted by molar-refractivity contribution is 5.80. The van der Waals surface area contributed by atoms with Gasteiger partial charge in [-0.2, -0.15) is 0 Å². The highest BCUT2D eigenvalue weighted by atomic mass is 16.5. The molecule has 0 saturated carbocycles. The normalized spacial score (nSPS) is 31.6. The van der Waals surface area contributed by atoms with E-state index in [2.05, 4.69) is 49.2 Å². The van der Waals surface area contributed by atoms with Crippen molar-refractivity contribution in [2.75, 3.05) is 19.6 Å². The Morgan fingerprint density at radius 3 is 2.54 bits per heavy atom. The number of likely N-dealkylation sites (tertiary alicyclic amines) is 1. The van der Waals surface area contributed by atoms with Gasteiger partial charge >= 0.3 is 0 Å². The van der Waals surface area contributed by atoms with E-state index in [4.69, 9.17) is 9.73 Å². The molecule has 1 N–H and O–H groups in total. The fraction of sp³-hybridized carbons (Fsp3) is 0.650. The van der Waals surface area contributed by atoms with Crippen LogP contribution in [0.25, 0.3) is 0 Å². The molecule has 0 aliphatic carbocycles. The average Bonchev–Trinajstić information content (AvgIpc) is 3.25. The summed E-state index contributed by atoms with van der Waals surface area (Å²) >= 11 is 0. The molecule has 130 valence electrons. The fourth-order valence-corrected chi connectivity index (χ4v) is 4.74. The molecule has 4 rings (SSSR count). The second kappa shape index (κ2) is 6.40. The van der Waals surface area contributed by atoms with E-state index in [-0.39, 0.29) is 0 Å². The molecule has 3 heterocycles. The van der Waals surface area contributed by atoms with E-state index in [1.54, 1.807) is 0 Å². The van der Waals surface area contributed by atoms with Crippen molar-refractivity contribution in [1.82, 2.24) is 10.2 Å². The molecule has 0 amide bonds. The molecule has 2 bridgehead atoms. The van der Waals surface area contributed by atoms with E-state index in [9.17, 15) is 0 Å². The molecule has 0 aromatic heterocycles. The smallest absolute Gasteiger partial charge is 0.194 e. The number of guanidine groups is 1. The van der Waals surface area contributed by atoms with E-state index >= 15 is 0 Å². The number of nitrogens with one attached hydrogen (secondary N) is 1. The molecule has 0 radical (unpaired) electrons. The number of aryl methyl sites for hydroxylation is 2. The van der Waals surface area contributed by atoms with Crippen LogP contribution in [-0.4, -0.2) is 42.7 Å². The first-order valence-corrected chi connectivity index (χ1v) is 9.40. The second-order valence-corrected chi connectivity index (χ2v) is 7.62. The van der Waals surface area contributed by atoms with Crippen molar-refractivity contribution in [2.24, 2.45) is 16.8 Å². The average molecular weight is 327 g/mol. The van der Waals surface area contributed by atoms with Crippen molar-refractivity contribution < 1.29 is 4.74 Å². The van der Waals surface area contributed by atoms with Crippen LogP contribution in [-0.2, 0) is 11.3 Å². The summed E-state index contributed by atoms with van der Waals surface area (Å²) < 4.78 is 6.10. The number of aliphatic imine (C=N–C) groups is 1. The summed E-state index contributed by atoms with van der Waals surface area (Å²) in [5, 5.41) is 3.50. The largest absolute Gasteiger partial charge is 0.374 e. The zero-order valence-electron chi connectivity index (χ0n) is 15.1. The van der Waals surface area contributed by atoms with Gasteiger partial charge in [0, 0.05) is 31.5 Å². The Bertz CT molecular complexity index is 624. The van der Waals surface area contributed by atoms with Crippen molar-refractivity contribution >= 4 is 5.96 Å². The van der Waals surface area contributed by atoms with Gasteiger partial charge in [-0.1, -0.05) is 23.8 Å². The van der Waals surface area contributed by atoms with Gasteiger partial charge in [0.1, 0.15) is 0 Å². The van der Waals surface area contributed by atoms with Gasteiger partial charge in [0.05, 0.1) is 18.8 Å². The van der Waals surface area contributed by atoms with E-state index in [0.717, 1.165) is 32.1 Å². The predicted octanol–water partition coefficient (Wildman–Crippen LogP) is 2.88. The standard InChI is InChI=1S/C20H29N3O/c1-4-21-20(22-10-15-6-5-13(2)9-14(15)3)23-11-16-17(12-23)19-8-7-18(16)24-19/h5-6,9,16-19H,4,7-8,10-12H2,1-3H3,(H,21,22). The van der Waals surface area contributed by atoms with Crippen LogP contribution in [0.4, 0.5) is 0 Å². The van der Waals surface area contributed by atoms with Gasteiger partial charge in [-0.15, -0.1) is 0 Å². The van der Waals surface area contributed by atoms with Gasteiger partial charge in [-0.25, -0.2) is 4.99 Å². The van der Waals surface area contributed by atoms with Crippen LogP contribution in [0.5, 0.6) is 0 Å². The Kier molecular flexibility index (Phi) is 4.25. The van der Waals surface area contributed by atoms with E-state index in [1.165, 1.54) is 29.5 Å². The lowest BCUT2D eigenvalue weighted by Gasteiger charge is -2.23. The maximum Gasteiger partial charge on any atom is 0.194 e. The van der Waals surface area contributed by atoms with Gasteiger partial charge in [-0.3, -0.25) is 0 Å². The molecule has 3 fully saturated rings. The van der Waals surface area contributed by atoms with Crippen molar-refractivity contribution in [3.05, 3.63) is 34.9 Å². The van der Waals surface area contributed by atoms with Crippen molar-refractivity contribution in [1.29, 1.82) is 0 Å². The lowest BCUT2D eigenvalue weighted by molar-refractivity contribution is 0.0767. The van der Waals surface area contributed by atoms with Gasteiger partial charge in [-0.05, 0) is 44.7 Å². The molecular formula is C20H29N3O. The monoisotopic (exact) mass is 327 g/mol. The van der Waals surface area contributed by atoms with E-state index < -0.39 is 0 Å². The Morgan fingerprint density at radius 1 is 1.21 bits per heavy atom. The van der Waals surface area contributed by atoms with Crippen LogP contribution in [0, 0.1) is 25.7 Å². The predicted molar refractivity (Wildman–Crippen MR) is 97.2 cm³/mol. The minimum absolute atomic E-state index is 0.507. The third-order valence-electron chi connectivity index (χ3n) is 5.98. The van der Waals surface area contributed by atoms with Gasteiger partial charge in [0.25, 0.3) is 0 Å². The molecule has 4 unspecified atom stereocenters. The highest BCUT2D eigenvalue weighted by Gasteiger charge is 2.53.